The Kier molecular flexibility index (Phi) is 3.90. The highest BCUT2D eigenvalue weighted by Crippen LogP contribution is 2.26. The Hall–Kier alpha value is -1.57. The van der Waals surface area contributed by atoms with Crippen molar-refractivity contribution in [3.05, 3.63) is 82.3 Å². The average Bonchev–Trinajstić information content (AvgIpc) is 2.49. The Morgan fingerprint density at radius 2 is 0.800 bits per heavy atom. The van der Waals surface area contributed by atoms with Gasteiger partial charge in [-0.3, -0.25) is 0 Å². The molecule has 0 spiro atoms. The first-order chi connectivity index (χ1) is 9.72. The van der Waals surface area contributed by atoms with Gasteiger partial charge in [0.2, 0.25) is 0 Å². The van der Waals surface area contributed by atoms with E-state index in [0.717, 1.165) is 9.50 Å². The molecule has 3 rings (SSSR count). The molecule has 0 fully saturated rings. The zero-order valence-corrected chi connectivity index (χ0v) is 13.0. The molecular formula is C18H12BrCl. The fourth-order valence-corrected chi connectivity index (χ4v) is 2.53. The van der Waals surface area contributed by atoms with Gasteiger partial charge in [0.25, 0.3) is 0 Å². The van der Waals surface area contributed by atoms with Gasteiger partial charge < -0.3 is 0 Å². The van der Waals surface area contributed by atoms with E-state index in [0.29, 0.717) is 0 Å². The van der Waals surface area contributed by atoms with E-state index in [2.05, 4.69) is 64.5 Å². The molecule has 0 radical (unpaired) electrons. The summed E-state index contributed by atoms with van der Waals surface area (Å²) in [6.45, 7) is 0. The number of halogens is 2. The molecule has 0 amide bonds. The third-order valence-corrected chi connectivity index (χ3v) is 4.02. The molecule has 0 saturated carbocycles. The van der Waals surface area contributed by atoms with Gasteiger partial charge in [-0.15, -0.1) is 0 Å². The molecule has 0 aliphatic heterocycles. The quantitative estimate of drug-likeness (QED) is 0.502. The molecule has 3 aromatic rings. The summed E-state index contributed by atoms with van der Waals surface area (Å²) in [5.41, 5.74) is 4.81. The van der Waals surface area contributed by atoms with E-state index in [9.17, 15) is 0 Å². The molecule has 0 bridgehead atoms. The highest BCUT2D eigenvalue weighted by atomic mass is 79.9. The first-order valence-electron chi connectivity index (χ1n) is 6.34. The molecule has 0 aliphatic carbocycles. The summed E-state index contributed by atoms with van der Waals surface area (Å²) in [5.74, 6) is 0. The molecule has 0 N–H and O–H groups in total. The lowest BCUT2D eigenvalue weighted by Gasteiger charge is -2.05. The average molecular weight is 344 g/mol. The summed E-state index contributed by atoms with van der Waals surface area (Å²) in [6, 6.07) is 24.8. The second-order valence-corrected chi connectivity index (χ2v) is 5.94. The third-order valence-electron chi connectivity index (χ3n) is 3.24. The summed E-state index contributed by atoms with van der Waals surface area (Å²) < 4.78 is 1.10. The molecule has 3 aromatic carbocycles. The summed E-state index contributed by atoms with van der Waals surface area (Å²) >= 11 is 9.37. The summed E-state index contributed by atoms with van der Waals surface area (Å²) in [7, 11) is 0. The van der Waals surface area contributed by atoms with Crippen LogP contribution in [0.3, 0.4) is 0 Å². The fraction of sp³-hybridized carbons (Fsp3) is 0. The van der Waals surface area contributed by atoms with Gasteiger partial charge in [-0.1, -0.05) is 76.1 Å². The van der Waals surface area contributed by atoms with E-state index in [4.69, 9.17) is 11.6 Å². The van der Waals surface area contributed by atoms with Gasteiger partial charge in [-0.2, -0.15) is 0 Å². The van der Waals surface area contributed by atoms with Crippen molar-refractivity contribution < 1.29 is 0 Å². The van der Waals surface area contributed by atoms with Crippen molar-refractivity contribution in [1.29, 1.82) is 0 Å². The Balaban J connectivity index is 1.91. The van der Waals surface area contributed by atoms with E-state index in [1.54, 1.807) is 0 Å². The summed E-state index contributed by atoms with van der Waals surface area (Å²) in [5, 5.41) is 0.764. The fourth-order valence-electron chi connectivity index (χ4n) is 2.14. The molecule has 2 heteroatoms. The maximum atomic E-state index is 5.91. The van der Waals surface area contributed by atoms with Crippen LogP contribution in [0.25, 0.3) is 22.3 Å². The lowest BCUT2D eigenvalue weighted by atomic mass is 10.0. The van der Waals surface area contributed by atoms with Gasteiger partial charge in [0, 0.05) is 9.50 Å². The predicted octanol–water partition coefficient (Wildman–Crippen LogP) is 6.44. The van der Waals surface area contributed by atoms with E-state index in [1.807, 2.05) is 24.3 Å². The minimum atomic E-state index is 0.764. The first kappa shape index (κ1) is 13.4. The van der Waals surface area contributed by atoms with Crippen LogP contribution in [0.1, 0.15) is 0 Å². The van der Waals surface area contributed by atoms with Gasteiger partial charge in [-0.25, -0.2) is 0 Å². The molecular weight excluding hydrogens is 332 g/mol. The topological polar surface area (TPSA) is 0 Å². The monoisotopic (exact) mass is 342 g/mol. The van der Waals surface area contributed by atoms with Gasteiger partial charge in [0.05, 0.1) is 0 Å². The van der Waals surface area contributed by atoms with Crippen LogP contribution in [0.4, 0.5) is 0 Å². The highest BCUT2D eigenvalue weighted by Gasteiger charge is 2.00. The van der Waals surface area contributed by atoms with Gasteiger partial charge in [0.1, 0.15) is 0 Å². The maximum absolute atomic E-state index is 5.91. The third kappa shape index (κ3) is 2.95. The number of hydrogen-bond acceptors (Lipinski definition) is 0. The first-order valence-corrected chi connectivity index (χ1v) is 7.51. The highest BCUT2D eigenvalue weighted by molar-refractivity contribution is 9.10. The van der Waals surface area contributed by atoms with Gasteiger partial charge in [-0.05, 0) is 46.5 Å². The minimum absolute atomic E-state index is 0.764. The van der Waals surface area contributed by atoms with Crippen LogP contribution in [0, 0.1) is 0 Å². The molecule has 0 saturated heterocycles. The zero-order chi connectivity index (χ0) is 13.9. The summed E-state index contributed by atoms with van der Waals surface area (Å²) in [4.78, 5) is 0. The van der Waals surface area contributed by atoms with E-state index in [-0.39, 0.29) is 0 Å². The van der Waals surface area contributed by atoms with Crippen LogP contribution in [0.2, 0.25) is 5.02 Å². The van der Waals surface area contributed by atoms with Crippen LogP contribution in [0.5, 0.6) is 0 Å². The molecule has 20 heavy (non-hydrogen) atoms. The molecule has 0 nitrogen and oxygen atoms in total. The Morgan fingerprint density at radius 1 is 0.500 bits per heavy atom. The molecule has 0 unspecified atom stereocenters. The van der Waals surface area contributed by atoms with Crippen molar-refractivity contribution in [1.82, 2.24) is 0 Å². The Bertz CT molecular complexity index is 633. The van der Waals surface area contributed by atoms with Gasteiger partial charge in [0.15, 0.2) is 0 Å². The summed E-state index contributed by atoms with van der Waals surface area (Å²) in [6.07, 6.45) is 0. The standard InChI is InChI=1S/C18H12BrCl/c19-17-9-5-15(6-10-17)13-1-3-14(4-2-13)16-7-11-18(20)12-8-16/h1-12H. The second-order valence-electron chi connectivity index (χ2n) is 4.59. The molecule has 0 aromatic heterocycles. The lowest BCUT2D eigenvalue weighted by molar-refractivity contribution is 1.58. The van der Waals surface area contributed by atoms with Crippen molar-refractivity contribution in [3.63, 3.8) is 0 Å². The van der Waals surface area contributed by atoms with Crippen molar-refractivity contribution in [2.24, 2.45) is 0 Å². The minimum Gasteiger partial charge on any atom is -0.0843 e. The largest absolute Gasteiger partial charge is 0.0843 e. The van der Waals surface area contributed by atoms with Crippen molar-refractivity contribution >= 4 is 27.5 Å². The zero-order valence-electron chi connectivity index (χ0n) is 10.7. The van der Waals surface area contributed by atoms with Crippen molar-refractivity contribution in [2.75, 3.05) is 0 Å². The van der Waals surface area contributed by atoms with E-state index < -0.39 is 0 Å². The van der Waals surface area contributed by atoms with Crippen LogP contribution >= 0.6 is 27.5 Å². The van der Waals surface area contributed by atoms with E-state index in [1.165, 1.54) is 22.3 Å². The Labute approximate surface area is 132 Å². The number of rotatable bonds is 2. The SMILES string of the molecule is Clc1ccc(-c2ccc(-c3ccc(Br)cc3)cc2)cc1. The second kappa shape index (κ2) is 5.82. The van der Waals surface area contributed by atoms with Crippen LogP contribution in [0.15, 0.2) is 77.3 Å². The smallest absolute Gasteiger partial charge is 0.0406 e. The Morgan fingerprint density at radius 3 is 1.20 bits per heavy atom. The molecule has 0 atom stereocenters. The molecule has 0 aliphatic rings. The maximum Gasteiger partial charge on any atom is 0.0406 e. The lowest BCUT2D eigenvalue weighted by Crippen LogP contribution is -1.80. The van der Waals surface area contributed by atoms with Gasteiger partial charge >= 0.3 is 0 Å². The number of hydrogen-bond donors (Lipinski definition) is 0. The predicted molar refractivity (Wildman–Crippen MR) is 90.0 cm³/mol. The van der Waals surface area contributed by atoms with Crippen LogP contribution < -0.4 is 0 Å². The van der Waals surface area contributed by atoms with Crippen LogP contribution in [-0.4, -0.2) is 0 Å². The van der Waals surface area contributed by atoms with Crippen molar-refractivity contribution in [2.45, 2.75) is 0 Å². The molecule has 98 valence electrons. The van der Waals surface area contributed by atoms with E-state index >= 15 is 0 Å². The van der Waals surface area contributed by atoms with Crippen LogP contribution in [-0.2, 0) is 0 Å². The molecule has 0 heterocycles. The number of benzene rings is 3. The van der Waals surface area contributed by atoms with Crippen molar-refractivity contribution in [3.8, 4) is 22.3 Å². The normalized spacial score (nSPS) is 10.5.